The third-order valence-electron chi connectivity index (χ3n) is 1.97. The lowest BCUT2D eigenvalue weighted by molar-refractivity contribution is 0.0947. The first-order valence-electron chi connectivity index (χ1n) is 4.79. The molecule has 1 N–H and O–H groups in total. The summed E-state index contributed by atoms with van der Waals surface area (Å²) < 4.78 is 0. The molecular weight excluding hydrogens is 196 g/mol. The maximum atomic E-state index is 11.5. The molecule has 1 aromatic heterocycles. The summed E-state index contributed by atoms with van der Waals surface area (Å²) in [5, 5.41) is 2.86. The molecule has 0 aliphatic heterocycles. The lowest BCUT2D eigenvalue weighted by Gasteiger charge is -2.05. The third kappa shape index (κ3) is 3.10. The van der Waals surface area contributed by atoms with Gasteiger partial charge in [-0.25, -0.2) is 4.98 Å². The molecule has 0 bridgehead atoms. The van der Waals surface area contributed by atoms with Gasteiger partial charge in [-0.1, -0.05) is 13.8 Å². The van der Waals surface area contributed by atoms with E-state index in [9.17, 15) is 4.79 Å². The Labute approximate surface area is 88.6 Å². The van der Waals surface area contributed by atoms with Crippen LogP contribution in [0, 0.1) is 12.8 Å². The van der Waals surface area contributed by atoms with Crippen molar-refractivity contribution in [3.8, 4) is 0 Å². The molecule has 0 saturated heterocycles. The van der Waals surface area contributed by atoms with Crippen LogP contribution in [0.4, 0.5) is 0 Å². The van der Waals surface area contributed by atoms with Crippen LogP contribution < -0.4 is 5.32 Å². The van der Waals surface area contributed by atoms with E-state index in [1.54, 1.807) is 5.51 Å². The van der Waals surface area contributed by atoms with Crippen molar-refractivity contribution in [2.45, 2.75) is 27.2 Å². The molecule has 1 amide bonds. The van der Waals surface area contributed by atoms with Gasteiger partial charge in [0.15, 0.2) is 0 Å². The molecule has 0 fully saturated rings. The normalized spacial score (nSPS) is 10.6. The Morgan fingerprint density at radius 3 is 2.86 bits per heavy atom. The minimum absolute atomic E-state index is 0.0515. The number of nitrogens with one attached hydrogen (secondary N) is 1. The fourth-order valence-corrected chi connectivity index (χ4v) is 1.65. The molecular formula is C10H16N2OS. The Bertz CT molecular complexity index is 307. The monoisotopic (exact) mass is 212 g/mol. The van der Waals surface area contributed by atoms with Crippen LogP contribution in [0.5, 0.6) is 0 Å². The van der Waals surface area contributed by atoms with E-state index in [0.717, 1.165) is 17.8 Å². The summed E-state index contributed by atoms with van der Waals surface area (Å²) in [7, 11) is 0. The molecule has 0 radical (unpaired) electrons. The van der Waals surface area contributed by atoms with Crippen LogP contribution in [0.1, 0.15) is 35.6 Å². The van der Waals surface area contributed by atoms with Gasteiger partial charge in [0.05, 0.1) is 5.51 Å². The zero-order chi connectivity index (χ0) is 10.6. The summed E-state index contributed by atoms with van der Waals surface area (Å²) >= 11 is 1.50. The van der Waals surface area contributed by atoms with Gasteiger partial charge in [-0.15, -0.1) is 11.3 Å². The number of nitrogens with zero attached hydrogens (tertiary/aromatic N) is 1. The van der Waals surface area contributed by atoms with Crippen molar-refractivity contribution in [3.63, 3.8) is 0 Å². The van der Waals surface area contributed by atoms with Gasteiger partial charge in [0, 0.05) is 11.4 Å². The average molecular weight is 212 g/mol. The molecule has 0 atom stereocenters. The number of aryl methyl sites for hydroxylation is 1. The first kappa shape index (κ1) is 11.2. The molecule has 0 aromatic carbocycles. The van der Waals surface area contributed by atoms with Crippen molar-refractivity contribution in [2.75, 3.05) is 6.54 Å². The highest BCUT2D eigenvalue weighted by Gasteiger charge is 2.10. The molecule has 0 aliphatic carbocycles. The van der Waals surface area contributed by atoms with Crippen molar-refractivity contribution >= 4 is 17.2 Å². The van der Waals surface area contributed by atoms with Crippen LogP contribution in [0.2, 0.25) is 0 Å². The minimum Gasteiger partial charge on any atom is -0.351 e. The van der Waals surface area contributed by atoms with E-state index in [4.69, 9.17) is 0 Å². The summed E-state index contributed by atoms with van der Waals surface area (Å²) in [6.45, 7) is 6.92. The SMILES string of the molecule is Cc1scnc1C(=O)NCCC(C)C. The first-order chi connectivity index (χ1) is 6.61. The van der Waals surface area contributed by atoms with Crippen LogP contribution in [0.15, 0.2) is 5.51 Å². The first-order valence-corrected chi connectivity index (χ1v) is 5.67. The average Bonchev–Trinajstić information content (AvgIpc) is 2.50. The molecule has 14 heavy (non-hydrogen) atoms. The molecule has 4 heteroatoms. The standard InChI is InChI=1S/C10H16N2OS/c1-7(2)4-5-11-10(13)9-8(3)14-6-12-9/h6-7H,4-5H2,1-3H3,(H,11,13). The van der Waals surface area contributed by atoms with Crippen molar-refractivity contribution in [1.29, 1.82) is 0 Å². The van der Waals surface area contributed by atoms with Crippen LogP contribution in [-0.4, -0.2) is 17.4 Å². The Balaban J connectivity index is 2.40. The maximum Gasteiger partial charge on any atom is 0.271 e. The van der Waals surface area contributed by atoms with Crippen molar-refractivity contribution in [1.82, 2.24) is 10.3 Å². The fraction of sp³-hybridized carbons (Fsp3) is 0.600. The number of rotatable bonds is 4. The van der Waals surface area contributed by atoms with Crippen LogP contribution in [-0.2, 0) is 0 Å². The van der Waals surface area contributed by atoms with Crippen molar-refractivity contribution < 1.29 is 4.79 Å². The molecule has 0 aliphatic rings. The third-order valence-corrected chi connectivity index (χ3v) is 2.72. The fourth-order valence-electron chi connectivity index (χ4n) is 1.08. The molecule has 0 saturated carbocycles. The predicted molar refractivity (Wildman–Crippen MR) is 58.6 cm³/mol. The maximum absolute atomic E-state index is 11.5. The molecule has 1 heterocycles. The second kappa shape index (κ2) is 5.10. The number of hydrogen-bond acceptors (Lipinski definition) is 3. The number of thiazole rings is 1. The smallest absolute Gasteiger partial charge is 0.271 e. The number of amides is 1. The molecule has 1 aromatic rings. The molecule has 1 rings (SSSR count). The van der Waals surface area contributed by atoms with E-state index < -0.39 is 0 Å². The zero-order valence-corrected chi connectivity index (χ0v) is 9.65. The molecule has 3 nitrogen and oxygen atoms in total. The second-order valence-corrected chi connectivity index (χ2v) is 4.75. The van der Waals surface area contributed by atoms with Gasteiger partial charge >= 0.3 is 0 Å². The molecule has 78 valence electrons. The largest absolute Gasteiger partial charge is 0.351 e. The highest BCUT2D eigenvalue weighted by Crippen LogP contribution is 2.10. The van der Waals surface area contributed by atoms with Crippen molar-refractivity contribution in [2.24, 2.45) is 5.92 Å². The van der Waals surface area contributed by atoms with Gasteiger partial charge in [0.25, 0.3) is 5.91 Å². The van der Waals surface area contributed by atoms with Gasteiger partial charge in [0.2, 0.25) is 0 Å². The van der Waals surface area contributed by atoms with E-state index in [1.165, 1.54) is 11.3 Å². The van der Waals surface area contributed by atoms with Crippen LogP contribution >= 0.6 is 11.3 Å². The lowest BCUT2D eigenvalue weighted by Crippen LogP contribution is -2.26. The second-order valence-electron chi connectivity index (χ2n) is 3.70. The Morgan fingerprint density at radius 1 is 1.64 bits per heavy atom. The summed E-state index contributed by atoms with van der Waals surface area (Å²) in [4.78, 5) is 16.5. The lowest BCUT2D eigenvalue weighted by atomic mass is 10.1. The van der Waals surface area contributed by atoms with Gasteiger partial charge in [-0.05, 0) is 19.3 Å². The van der Waals surface area contributed by atoms with E-state index in [0.29, 0.717) is 11.6 Å². The van der Waals surface area contributed by atoms with Gasteiger partial charge in [-0.2, -0.15) is 0 Å². The van der Waals surface area contributed by atoms with Crippen LogP contribution in [0.3, 0.4) is 0 Å². The van der Waals surface area contributed by atoms with E-state index >= 15 is 0 Å². The van der Waals surface area contributed by atoms with Gasteiger partial charge in [0.1, 0.15) is 5.69 Å². The summed E-state index contributed by atoms with van der Waals surface area (Å²) in [6.07, 6.45) is 1.01. The molecule has 0 spiro atoms. The zero-order valence-electron chi connectivity index (χ0n) is 8.83. The van der Waals surface area contributed by atoms with E-state index in [-0.39, 0.29) is 5.91 Å². The predicted octanol–water partition coefficient (Wildman–Crippen LogP) is 2.23. The summed E-state index contributed by atoms with van der Waals surface area (Å²) in [6, 6.07) is 0. The van der Waals surface area contributed by atoms with Gasteiger partial charge < -0.3 is 5.32 Å². The number of carbonyl (C=O) groups is 1. The minimum atomic E-state index is -0.0515. The highest BCUT2D eigenvalue weighted by molar-refractivity contribution is 7.09. The molecule has 0 unspecified atom stereocenters. The Kier molecular flexibility index (Phi) is 4.07. The number of hydrogen-bond donors (Lipinski definition) is 1. The summed E-state index contributed by atoms with van der Waals surface area (Å²) in [5.41, 5.74) is 2.27. The summed E-state index contributed by atoms with van der Waals surface area (Å²) in [5.74, 6) is 0.566. The van der Waals surface area contributed by atoms with Gasteiger partial charge in [-0.3, -0.25) is 4.79 Å². The van der Waals surface area contributed by atoms with Crippen LogP contribution in [0.25, 0.3) is 0 Å². The Hall–Kier alpha value is -0.900. The highest BCUT2D eigenvalue weighted by atomic mass is 32.1. The topological polar surface area (TPSA) is 42.0 Å². The quantitative estimate of drug-likeness (QED) is 0.831. The number of carbonyl (C=O) groups excluding carboxylic acids is 1. The number of aromatic nitrogens is 1. The van der Waals surface area contributed by atoms with E-state index in [1.807, 2.05) is 6.92 Å². The Morgan fingerprint density at radius 2 is 2.36 bits per heavy atom. The van der Waals surface area contributed by atoms with Crippen molar-refractivity contribution in [3.05, 3.63) is 16.1 Å². The van der Waals surface area contributed by atoms with E-state index in [2.05, 4.69) is 24.1 Å².